The normalized spacial score (nSPS) is 46.8. The Kier molecular flexibility index (Phi) is 2.77. The van der Waals surface area contributed by atoms with Crippen molar-refractivity contribution >= 4 is 21.8 Å². The number of nitrogens with one attached hydrogen (secondary N) is 1. The second kappa shape index (κ2) is 4.01. The van der Waals surface area contributed by atoms with Crippen molar-refractivity contribution in [2.24, 2.45) is 23.7 Å². The first kappa shape index (κ1) is 11.1. The van der Waals surface area contributed by atoms with Crippen LogP contribution in [-0.2, 0) is 4.79 Å². The highest BCUT2D eigenvalue weighted by molar-refractivity contribution is 9.10. The highest BCUT2D eigenvalue weighted by Gasteiger charge is 2.48. The Morgan fingerprint density at radius 1 is 1.12 bits per heavy atom. The Morgan fingerprint density at radius 2 is 1.62 bits per heavy atom. The molecule has 3 heteroatoms. The summed E-state index contributed by atoms with van der Waals surface area (Å²) in [5, 5.41) is 3.28. The van der Waals surface area contributed by atoms with Crippen LogP contribution in [0.1, 0.15) is 39.0 Å². The number of amides is 1. The van der Waals surface area contributed by atoms with Crippen molar-refractivity contribution in [2.75, 3.05) is 0 Å². The van der Waals surface area contributed by atoms with E-state index in [4.69, 9.17) is 0 Å². The molecule has 4 fully saturated rings. The van der Waals surface area contributed by atoms with Crippen LogP contribution in [0.5, 0.6) is 0 Å². The first-order valence-electron chi connectivity index (χ1n) is 6.58. The molecule has 1 N–H and O–H groups in total. The van der Waals surface area contributed by atoms with Gasteiger partial charge in [-0.15, -0.1) is 0 Å². The number of alkyl halides is 1. The second-order valence-corrected chi connectivity index (χ2v) is 7.45. The summed E-state index contributed by atoms with van der Waals surface area (Å²) in [6.45, 7) is 1.91. The van der Waals surface area contributed by atoms with Gasteiger partial charge < -0.3 is 5.32 Å². The van der Waals surface area contributed by atoms with Crippen molar-refractivity contribution in [3.8, 4) is 0 Å². The molecule has 4 saturated carbocycles. The minimum Gasteiger partial charge on any atom is -0.352 e. The van der Waals surface area contributed by atoms with Crippen LogP contribution in [-0.4, -0.2) is 16.8 Å². The maximum absolute atomic E-state index is 11.8. The van der Waals surface area contributed by atoms with Crippen molar-refractivity contribution in [1.82, 2.24) is 5.32 Å². The van der Waals surface area contributed by atoms with Gasteiger partial charge in [-0.3, -0.25) is 4.79 Å². The zero-order chi connectivity index (χ0) is 11.3. The zero-order valence-electron chi connectivity index (χ0n) is 9.79. The SMILES string of the molecule is CC(Br)C(=O)NC1C2CC3CC(C2)CC1C3. The Labute approximate surface area is 106 Å². The van der Waals surface area contributed by atoms with Gasteiger partial charge in [0.1, 0.15) is 0 Å². The average Bonchev–Trinajstić information content (AvgIpc) is 2.21. The molecule has 1 unspecified atom stereocenters. The second-order valence-electron chi connectivity index (χ2n) is 6.08. The molecule has 16 heavy (non-hydrogen) atoms. The van der Waals surface area contributed by atoms with Gasteiger partial charge in [-0.05, 0) is 62.7 Å². The Bertz CT molecular complexity index is 274. The molecule has 1 atom stereocenters. The minimum absolute atomic E-state index is 0.0512. The third-order valence-electron chi connectivity index (χ3n) is 4.90. The molecule has 0 heterocycles. The minimum atomic E-state index is -0.0512. The summed E-state index contributed by atoms with van der Waals surface area (Å²) in [4.78, 5) is 11.7. The monoisotopic (exact) mass is 285 g/mol. The van der Waals surface area contributed by atoms with Crippen LogP contribution >= 0.6 is 15.9 Å². The molecule has 0 aromatic heterocycles. The van der Waals surface area contributed by atoms with E-state index >= 15 is 0 Å². The van der Waals surface area contributed by atoms with E-state index in [9.17, 15) is 4.79 Å². The Morgan fingerprint density at radius 3 is 2.06 bits per heavy atom. The topological polar surface area (TPSA) is 29.1 Å². The summed E-state index contributed by atoms with van der Waals surface area (Å²) in [6, 6.07) is 0.486. The highest BCUT2D eigenvalue weighted by Crippen LogP contribution is 2.53. The lowest BCUT2D eigenvalue weighted by molar-refractivity contribution is -0.124. The summed E-state index contributed by atoms with van der Waals surface area (Å²) < 4.78 is 0. The summed E-state index contributed by atoms with van der Waals surface area (Å²) in [7, 11) is 0. The number of carbonyl (C=O) groups is 1. The van der Waals surface area contributed by atoms with Crippen LogP contribution in [0.4, 0.5) is 0 Å². The van der Waals surface area contributed by atoms with E-state index in [0.717, 1.165) is 23.7 Å². The average molecular weight is 286 g/mol. The molecule has 0 aromatic carbocycles. The van der Waals surface area contributed by atoms with Crippen molar-refractivity contribution < 1.29 is 4.79 Å². The van der Waals surface area contributed by atoms with Gasteiger partial charge in [-0.25, -0.2) is 0 Å². The molecule has 4 aliphatic carbocycles. The van der Waals surface area contributed by atoms with E-state index in [2.05, 4.69) is 21.2 Å². The van der Waals surface area contributed by atoms with Crippen molar-refractivity contribution in [3.63, 3.8) is 0 Å². The quantitative estimate of drug-likeness (QED) is 0.777. The van der Waals surface area contributed by atoms with Crippen LogP contribution in [0.25, 0.3) is 0 Å². The molecular weight excluding hydrogens is 266 g/mol. The van der Waals surface area contributed by atoms with Crippen LogP contribution in [0.3, 0.4) is 0 Å². The molecule has 0 saturated heterocycles. The Hall–Kier alpha value is -0.0500. The number of rotatable bonds is 2. The lowest BCUT2D eigenvalue weighted by atomic mass is 9.54. The summed E-state index contributed by atoms with van der Waals surface area (Å²) >= 11 is 3.35. The molecule has 90 valence electrons. The van der Waals surface area contributed by atoms with Gasteiger partial charge >= 0.3 is 0 Å². The van der Waals surface area contributed by atoms with Gasteiger partial charge in [0.05, 0.1) is 4.83 Å². The lowest BCUT2D eigenvalue weighted by Crippen LogP contribution is -2.56. The fourth-order valence-corrected chi connectivity index (χ4v) is 4.57. The molecule has 0 aliphatic heterocycles. The van der Waals surface area contributed by atoms with Gasteiger partial charge in [0.2, 0.25) is 5.91 Å². The van der Waals surface area contributed by atoms with E-state index in [-0.39, 0.29) is 10.7 Å². The molecule has 4 rings (SSSR count). The Balaban J connectivity index is 1.70. The van der Waals surface area contributed by atoms with E-state index < -0.39 is 0 Å². The molecule has 0 aromatic rings. The summed E-state index contributed by atoms with van der Waals surface area (Å²) in [6.07, 6.45) is 6.95. The van der Waals surface area contributed by atoms with Crippen LogP contribution < -0.4 is 5.32 Å². The third kappa shape index (κ3) is 1.81. The first-order chi connectivity index (χ1) is 7.63. The molecule has 0 spiro atoms. The zero-order valence-corrected chi connectivity index (χ0v) is 11.4. The molecule has 0 radical (unpaired) electrons. The predicted octanol–water partition coefficient (Wildman–Crippen LogP) is 2.71. The molecule has 1 amide bonds. The van der Waals surface area contributed by atoms with Crippen molar-refractivity contribution in [2.45, 2.75) is 49.9 Å². The van der Waals surface area contributed by atoms with Gasteiger partial charge in [0.15, 0.2) is 0 Å². The fourth-order valence-electron chi connectivity index (χ4n) is 4.44. The maximum Gasteiger partial charge on any atom is 0.233 e. The van der Waals surface area contributed by atoms with E-state index in [1.807, 2.05) is 6.92 Å². The first-order valence-corrected chi connectivity index (χ1v) is 7.49. The van der Waals surface area contributed by atoms with E-state index in [1.54, 1.807) is 0 Å². The smallest absolute Gasteiger partial charge is 0.233 e. The number of carbonyl (C=O) groups excluding carboxylic acids is 1. The van der Waals surface area contributed by atoms with Crippen LogP contribution in [0, 0.1) is 23.7 Å². The molecule has 2 nitrogen and oxygen atoms in total. The maximum atomic E-state index is 11.8. The van der Waals surface area contributed by atoms with Crippen molar-refractivity contribution in [3.05, 3.63) is 0 Å². The fraction of sp³-hybridized carbons (Fsp3) is 0.923. The number of hydrogen-bond donors (Lipinski definition) is 1. The van der Waals surface area contributed by atoms with Crippen LogP contribution in [0.15, 0.2) is 0 Å². The summed E-state index contributed by atoms with van der Waals surface area (Å²) in [5.41, 5.74) is 0. The largest absolute Gasteiger partial charge is 0.352 e. The van der Waals surface area contributed by atoms with Gasteiger partial charge in [-0.2, -0.15) is 0 Å². The molecular formula is C13H20BrNO. The third-order valence-corrected chi connectivity index (χ3v) is 5.31. The van der Waals surface area contributed by atoms with E-state index in [0.29, 0.717) is 6.04 Å². The van der Waals surface area contributed by atoms with Gasteiger partial charge in [0, 0.05) is 6.04 Å². The lowest BCUT2D eigenvalue weighted by Gasteiger charge is -2.54. The predicted molar refractivity (Wildman–Crippen MR) is 67.4 cm³/mol. The molecule has 4 aliphatic rings. The highest BCUT2D eigenvalue weighted by atomic mass is 79.9. The van der Waals surface area contributed by atoms with Gasteiger partial charge in [0.25, 0.3) is 0 Å². The summed E-state index contributed by atoms with van der Waals surface area (Å²) in [5.74, 6) is 3.71. The number of hydrogen-bond acceptors (Lipinski definition) is 1. The van der Waals surface area contributed by atoms with Crippen LogP contribution in [0.2, 0.25) is 0 Å². The molecule has 4 bridgehead atoms. The van der Waals surface area contributed by atoms with Crippen molar-refractivity contribution in [1.29, 1.82) is 0 Å². The standard InChI is InChI=1S/C13H20BrNO/c1-7(14)13(16)15-12-10-3-8-2-9(5-10)6-11(12)4-8/h7-12H,2-6H2,1H3,(H,15,16). The van der Waals surface area contributed by atoms with Gasteiger partial charge in [-0.1, -0.05) is 15.9 Å². The number of halogens is 1. The van der Waals surface area contributed by atoms with E-state index in [1.165, 1.54) is 32.1 Å².